The average Bonchev–Trinajstić information content (AvgIpc) is 2.29. The van der Waals surface area contributed by atoms with Crippen LogP contribution >= 0.6 is 0 Å². The molecule has 0 atom stereocenters. The molecule has 0 aliphatic carbocycles. The predicted molar refractivity (Wildman–Crippen MR) is 62.2 cm³/mol. The van der Waals surface area contributed by atoms with Gasteiger partial charge < -0.3 is 15.3 Å². The number of carbonyl (C=O) groups is 1. The molecule has 0 aliphatic rings. The Morgan fingerprint density at radius 2 is 2.00 bits per heavy atom. The molecule has 0 radical (unpaired) electrons. The van der Waals surface area contributed by atoms with E-state index in [1.165, 1.54) is 0 Å². The maximum absolute atomic E-state index is 11.1. The van der Waals surface area contributed by atoms with E-state index in [0.29, 0.717) is 25.2 Å². The van der Waals surface area contributed by atoms with Gasteiger partial charge in [0.25, 0.3) is 0 Å². The van der Waals surface area contributed by atoms with Crippen molar-refractivity contribution in [2.45, 2.75) is 39.2 Å². The van der Waals surface area contributed by atoms with Gasteiger partial charge in [0.1, 0.15) is 12.4 Å². The topological polar surface area (TPSA) is 96.9 Å². The molecule has 0 aliphatic heterocycles. The van der Waals surface area contributed by atoms with Crippen molar-refractivity contribution in [3.05, 3.63) is 0 Å². The Bertz CT molecular complexity index is 250. The molecule has 0 unspecified atom stereocenters. The van der Waals surface area contributed by atoms with E-state index in [4.69, 9.17) is 15.7 Å². The summed E-state index contributed by atoms with van der Waals surface area (Å²) in [4.78, 5) is 15.2. The number of hydrazine groups is 1. The van der Waals surface area contributed by atoms with Crippen molar-refractivity contribution in [2.24, 2.45) is 10.8 Å². The van der Waals surface area contributed by atoms with E-state index < -0.39 is 11.6 Å². The van der Waals surface area contributed by atoms with Gasteiger partial charge in [-0.15, -0.1) is 0 Å². The molecule has 16 heavy (non-hydrogen) atoms. The SMILES string of the molecule is CCN=C(COC(CC)(CC)C(=O)O)NN. The third-order valence-corrected chi connectivity index (χ3v) is 2.53. The summed E-state index contributed by atoms with van der Waals surface area (Å²) >= 11 is 0. The Kier molecular flexibility index (Phi) is 6.67. The van der Waals surface area contributed by atoms with Crippen LogP contribution in [0.5, 0.6) is 0 Å². The molecule has 0 bridgehead atoms. The Morgan fingerprint density at radius 3 is 2.31 bits per heavy atom. The van der Waals surface area contributed by atoms with Crippen LogP contribution in [0.25, 0.3) is 0 Å². The zero-order chi connectivity index (χ0) is 12.6. The van der Waals surface area contributed by atoms with Crippen LogP contribution in [0, 0.1) is 0 Å². The molecule has 0 saturated heterocycles. The number of aliphatic imine (C=N–C) groups is 1. The van der Waals surface area contributed by atoms with Crippen LogP contribution in [0.3, 0.4) is 0 Å². The van der Waals surface area contributed by atoms with E-state index in [1.54, 1.807) is 13.8 Å². The van der Waals surface area contributed by atoms with Gasteiger partial charge >= 0.3 is 5.97 Å². The van der Waals surface area contributed by atoms with Crippen LogP contribution in [0.2, 0.25) is 0 Å². The minimum Gasteiger partial charge on any atom is -0.479 e. The Morgan fingerprint density at radius 1 is 1.44 bits per heavy atom. The van der Waals surface area contributed by atoms with Crippen molar-refractivity contribution in [3.8, 4) is 0 Å². The molecule has 0 spiro atoms. The molecule has 0 rings (SSSR count). The molecular weight excluding hydrogens is 210 g/mol. The standard InChI is InChI=1S/C10H21N3O3/c1-4-10(5-2,9(14)15)16-7-8(13-11)12-6-3/h4-7,11H2,1-3H3,(H,12,13)(H,14,15). The summed E-state index contributed by atoms with van der Waals surface area (Å²) in [6, 6.07) is 0. The highest BCUT2D eigenvalue weighted by Gasteiger charge is 2.36. The number of amidine groups is 1. The van der Waals surface area contributed by atoms with Crippen LogP contribution in [0.1, 0.15) is 33.6 Å². The number of carboxylic acids is 1. The molecule has 0 fully saturated rings. The number of rotatable bonds is 7. The van der Waals surface area contributed by atoms with Crippen molar-refractivity contribution < 1.29 is 14.6 Å². The van der Waals surface area contributed by atoms with E-state index >= 15 is 0 Å². The lowest BCUT2D eigenvalue weighted by molar-refractivity contribution is -0.164. The third kappa shape index (κ3) is 3.79. The number of hydrogen-bond donors (Lipinski definition) is 3. The zero-order valence-corrected chi connectivity index (χ0v) is 10.1. The van der Waals surface area contributed by atoms with Gasteiger partial charge in [-0.1, -0.05) is 13.8 Å². The highest BCUT2D eigenvalue weighted by Crippen LogP contribution is 2.20. The largest absolute Gasteiger partial charge is 0.479 e. The minimum atomic E-state index is -1.15. The summed E-state index contributed by atoms with van der Waals surface area (Å²) in [5.74, 6) is 4.74. The molecule has 94 valence electrons. The van der Waals surface area contributed by atoms with Crippen LogP contribution in [0.4, 0.5) is 0 Å². The van der Waals surface area contributed by atoms with Gasteiger partial charge in [-0.25, -0.2) is 10.6 Å². The summed E-state index contributed by atoms with van der Waals surface area (Å²) in [7, 11) is 0. The van der Waals surface area contributed by atoms with Gasteiger partial charge in [0.05, 0.1) is 0 Å². The molecule has 0 heterocycles. The van der Waals surface area contributed by atoms with E-state index in [2.05, 4.69) is 10.4 Å². The second-order valence-electron chi connectivity index (χ2n) is 3.36. The van der Waals surface area contributed by atoms with Crippen LogP contribution in [-0.4, -0.2) is 35.7 Å². The molecule has 0 aromatic heterocycles. The van der Waals surface area contributed by atoms with Crippen LogP contribution in [0.15, 0.2) is 4.99 Å². The van der Waals surface area contributed by atoms with Gasteiger partial charge in [-0.3, -0.25) is 4.99 Å². The maximum Gasteiger partial charge on any atom is 0.335 e. The lowest BCUT2D eigenvalue weighted by Crippen LogP contribution is -2.44. The molecule has 6 nitrogen and oxygen atoms in total. The highest BCUT2D eigenvalue weighted by atomic mass is 16.5. The molecule has 0 amide bonds. The van der Waals surface area contributed by atoms with Gasteiger partial charge in [0, 0.05) is 6.54 Å². The van der Waals surface area contributed by atoms with Crippen LogP contribution < -0.4 is 11.3 Å². The molecule has 4 N–H and O–H groups in total. The molecular formula is C10H21N3O3. The summed E-state index contributed by atoms with van der Waals surface area (Å²) in [6.07, 6.45) is 0.811. The lowest BCUT2D eigenvalue weighted by Gasteiger charge is -2.27. The normalized spacial score (nSPS) is 12.6. The number of hydrogen-bond acceptors (Lipinski definition) is 4. The fourth-order valence-corrected chi connectivity index (χ4v) is 1.35. The molecule has 0 saturated carbocycles. The fraction of sp³-hybridized carbons (Fsp3) is 0.800. The number of aliphatic carboxylic acids is 1. The van der Waals surface area contributed by atoms with E-state index in [1.807, 2.05) is 6.92 Å². The summed E-state index contributed by atoms with van der Waals surface area (Å²) in [6.45, 7) is 6.08. The van der Waals surface area contributed by atoms with Crippen molar-refractivity contribution >= 4 is 11.8 Å². The Labute approximate surface area is 95.8 Å². The monoisotopic (exact) mass is 231 g/mol. The van der Waals surface area contributed by atoms with Crippen molar-refractivity contribution in [3.63, 3.8) is 0 Å². The Hall–Kier alpha value is -1.14. The maximum atomic E-state index is 11.1. The van der Waals surface area contributed by atoms with Crippen molar-refractivity contribution in [2.75, 3.05) is 13.2 Å². The summed E-state index contributed by atoms with van der Waals surface area (Å²) < 4.78 is 5.42. The number of carboxylic acid groups (broad SMARTS) is 1. The first-order valence-corrected chi connectivity index (χ1v) is 5.43. The zero-order valence-electron chi connectivity index (χ0n) is 10.1. The van der Waals surface area contributed by atoms with E-state index in [-0.39, 0.29) is 6.61 Å². The summed E-state index contributed by atoms with van der Waals surface area (Å²) in [5.41, 5.74) is 1.25. The smallest absolute Gasteiger partial charge is 0.335 e. The Balaban J connectivity index is 4.54. The van der Waals surface area contributed by atoms with Crippen molar-refractivity contribution in [1.29, 1.82) is 0 Å². The first-order valence-electron chi connectivity index (χ1n) is 5.43. The lowest BCUT2D eigenvalue weighted by atomic mass is 9.97. The fourth-order valence-electron chi connectivity index (χ4n) is 1.35. The second kappa shape index (κ2) is 7.19. The first-order chi connectivity index (χ1) is 7.56. The third-order valence-electron chi connectivity index (χ3n) is 2.53. The van der Waals surface area contributed by atoms with Gasteiger partial charge in [-0.2, -0.15) is 0 Å². The van der Waals surface area contributed by atoms with E-state index in [9.17, 15) is 4.79 Å². The number of nitrogens with one attached hydrogen (secondary N) is 1. The van der Waals surface area contributed by atoms with Gasteiger partial charge in [-0.05, 0) is 19.8 Å². The van der Waals surface area contributed by atoms with Gasteiger partial charge in [0.15, 0.2) is 5.60 Å². The average molecular weight is 231 g/mol. The molecule has 0 aromatic rings. The highest BCUT2D eigenvalue weighted by molar-refractivity contribution is 5.84. The predicted octanol–water partition coefficient (Wildman–Crippen LogP) is 0.528. The first kappa shape index (κ1) is 14.9. The second-order valence-corrected chi connectivity index (χ2v) is 3.36. The quantitative estimate of drug-likeness (QED) is 0.257. The van der Waals surface area contributed by atoms with Gasteiger partial charge in [0.2, 0.25) is 0 Å². The van der Waals surface area contributed by atoms with E-state index in [0.717, 1.165) is 0 Å². The molecule has 6 heteroatoms. The minimum absolute atomic E-state index is 0.0817. The summed E-state index contributed by atoms with van der Waals surface area (Å²) in [5, 5.41) is 9.12. The number of nitrogens with two attached hydrogens (primary N) is 1. The number of nitrogens with zero attached hydrogens (tertiary/aromatic N) is 1. The molecule has 0 aromatic carbocycles. The number of ether oxygens (including phenoxy) is 1. The van der Waals surface area contributed by atoms with Crippen molar-refractivity contribution in [1.82, 2.24) is 5.43 Å². The van der Waals surface area contributed by atoms with Crippen LogP contribution in [-0.2, 0) is 9.53 Å².